The second-order valence-electron chi connectivity index (χ2n) is 3.96. The lowest BCUT2D eigenvalue weighted by Crippen LogP contribution is -2.29. The number of carbonyl (C=O) groups is 1. The van der Waals surface area contributed by atoms with Gasteiger partial charge in [0.05, 0.1) is 5.02 Å². The van der Waals surface area contributed by atoms with Gasteiger partial charge in [-0.2, -0.15) is 0 Å². The van der Waals surface area contributed by atoms with Crippen molar-refractivity contribution < 1.29 is 19.4 Å². The Morgan fingerprint density at radius 3 is 3.00 bits per heavy atom. The van der Waals surface area contributed by atoms with Gasteiger partial charge in [0.25, 0.3) is 0 Å². The summed E-state index contributed by atoms with van der Waals surface area (Å²) in [4.78, 5) is 11.2. The number of rotatable bonds is 5. The number of halogens is 1. The molecule has 18 heavy (non-hydrogen) atoms. The number of fused-ring (bicyclic) bond motifs is 1. The number of hydrogen-bond donors (Lipinski definition) is 2. The second-order valence-corrected chi connectivity index (χ2v) is 4.37. The minimum atomic E-state index is -0.946. The van der Waals surface area contributed by atoms with Crippen LogP contribution in [-0.2, 0) is 4.79 Å². The van der Waals surface area contributed by atoms with Crippen LogP contribution in [0.5, 0.6) is 11.5 Å². The van der Waals surface area contributed by atoms with Crippen molar-refractivity contribution in [2.24, 2.45) is 0 Å². The second kappa shape index (κ2) is 5.46. The van der Waals surface area contributed by atoms with Crippen LogP contribution < -0.4 is 14.8 Å². The number of nitrogens with one attached hydrogen (secondary N) is 1. The van der Waals surface area contributed by atoms with Crippen LogP contribution in [0.2, 0.25) is 5.02 Å². The molecule has 1 unspecified atom stereocenters. The molecule has 0 amide bonds. The Hall–Kier alpha value is -1.46. The van der Waals surface area contributed by atoms with E-state index in [0.717, 1.165) is 6.42 Å². The molecular formula is C12H14ClNO4. The summed E-state index contributed by atoms with van der Waals surface area (Å²) < 4.78 is 10.4. The molecule has 0 saturated heterocycles. The molecule has 2 rings (SSSR count). The Morgan fingerprint density at radius 1 is 1.56 bits per heavy atom. The minimum absolute atomic E-state index is 0.110. The zero-order valence-electron chi connectivity index (χ0n) is 9.90. The van der Waals surface area contributed by atoms with Gasteiger partial charge in [0, 0.05) is 0 Å². The third-order valence-electron chi connectivity index (χ3n) is 2.63. The van der Waals surface area contributed by atoms with Crippen molar-refractivity contribution in [3.63, 3.8) is 0 Å². The summed E-state index contributed by atoms with van der Waals surface area (Å²) in [5.74, 6) is 0.0143. The molecular weight excluding hydrogens is 258 g/mol. The van der Waals surface area contributed by atoms with Gasteiger partial charge in [0.1, 0.15) is 6.04 Å². The molecule has 1 aromatic rings. The molecule has 1 heterocycles. The van der Waals surface area contributed by atoms with Crippen LogP contribution in [0.25, 0.3) is 0 Å². The maximum absolute atomic E-state index is 11.2. The topological polar surface area (TPSA) is 67.8 Å². The fraction of sp³-hybridized carbons (Fsp3) is 0.417. The largest absolute Gasteiger partial charge is 0.480 e. The Bertz CT molecular complexity index is 464. The summed E-state index contributed by atoms with van der Waals surface area (Å²) in [5, 5.41) is 12.5. The summed E-state index contributed by atoms with van der Waals surface area (Å²) >= 11 is 6.03. The van der Waals surface area contributed by atoms with Crippen LogP contribution >= 0.6 is 11.6 Å². The molecule has 2 N–H and O–H groups in total. The molecule has 1 aromatic carbocycles. The first kappa shape index (κ1) is 13.0. The van der Waals surface area contributed by atoms with E-state index in [1.54, 1.807) is 12.1 Å². The standard InChI is InChI=1S/C12H14ClNO4/c1-2-3-14-10(12(15)16)7-4-8(13)11-9(5-7)17-6-18-11/h4-5,10,14H,2-3,6H2,1H3,(H,15,16). The molecule has 6 heteroatoms. The van der Waals surface area contributed by atoms with Gasteiger partial charge in [0.15, 0.2) is 11.5 Å². The molecule has 0 aliphatic carbocycles. The Balaban J connectivity index is 2.30. The quantitative estimate of drug-likeness (QED) is 0.859. The van der Waals surface area contributed by atoms with Gasteiger partial charge in [-0.25, -0.2) is 0 Å². The number of ether oxygens (including phenoxy) is 2. The predicted octanol–water partition coefficient (Wildman–Crippen LogP) is 2.19. The van der Waals surface area contributed by atoms with Crippen LogP contribution in [0.15, 0.2) is 12.1 Å². The summed E-state index contributed by atoms with van der Waals surface area (Å²) in [6.45, 7) is 2.69. The van der Waals surface area contributed by atoms with E-state index in [1.165, 1.54) is 0 Å². The van der Waals surface area contributed by atoms with Crippen molar-refractivity contribution in [2.75, 3.05) is 13.3 Å². The highest BCUT2D eigenvalue weighted by Gasteiger charge is 2.24. The predicted molar refractivity (Wildman–Crippen MR) is 66.2 cm³/mol. The van der Waals surface area contributed by atoms with E-state index in [4.69, 9.17) is 21.1 Å². The summed E-state index contributed by atoms with van der Waals surface area (Å²) in [6, 6.07) is 2.45. The van der Waals surface area contributed by atoms with E-state index in [9.17, 15) is 9.90 Å². The first-order chi connectivity index (χ1) is 8.63. The normalized spacial score (nSPS) is 14.6. The summed E-state index contributed by atoms with van der Waals surface area (Å²) in [6.07, 6.45) is 0.849. The number of aliphatic carboxylic acids is 1. The van der Waals surface area contributed by atoms with Crippen LogP contribution in [0.3, 0.4) is 0 Å². The van der Waals surface area contributed by atoms with Crippen molar-refractivity contribution in [3.8, 4) is 11.5 Å². The van der Waals surface area contributed by atoms with Crippen molar-refractivity contribution in [1.82, 2.24) is 5.32 Å². The van der Waals surface area contributed by atoms with Crippen molar-refractivity contribution in [3.05, 3.63) is 22.7 Å². The molecule has 0 radical (unpaired) electrons. The van der Waals surface area contributed by atoms with Gasteiger partial charge in [-0.3, -0.25) is 4.79 Å². The Morgan fingerprint density at radius 2 is 2.33 bits per heavy atom. The molecule has 0 fully saturated rings. The SMILES string of the molecule is CCCNC(C(=O)O)c1cc(Cl)c2c(c1)OCO2. The number of carboxylic acid groups (broad SMARTS) is 1. The molecule has 0 spiro atoms. The smallest absolute Gasteiger partial charge is 0.325 e. The van der Waals surface area contributed by atoms with Crippen molar-refractivity contribution in [1.29, 1.82) is 0 Å². The van der Waals surface area contributed by atoms with E-state index in [1.807, 2.05) is 6.92 Å². The third kappa shape index (κ3) is 2.52. The van der Waals surface area contributed by atoms with E-state index in [-0.39, 0.29) is 6.79 Å². The van der Waals surface area contributed by atoms with Gasteiger partial charge < -0.3 is 19.9 Å². The molecule has 0 aromatic heterocycles. The molecule has 1 aliphatic rings. The highest BCUT2D eigenvalue weighted by atomic mass is 35.5. The first-order valence-electron chi connectivity index (χ1n) is 5.68. The lowest BCUT2D eigenvalue weighted by atomic mass is 10.1. The summed E-state index contributed by atoms with van der Waals surface area (Å²) in [5.41, 5.74) is 0.560. The van der Waals surface area contributed by atoms with Gasteiger partial charge in [-0.15, -0.1) is 0 Å². The highest BCUT2D eigenvalue weighted by Crippen LogP contribution is 2.41. The number of benzene rings is 1. The molecule has 0 bridgehead atoms. The van der Waals surface area contributed by atoms with E-state index >= 15 is 0 Å². The van der Waals surface area contributed by atoms with Crippen LogP contribution in [-0.4, -0.2) is 24.4 Å². The Kier molecular flexibility index (Phi) is 3.93. The van der Waals surface area contributed by atoms with E-state index < -0.39 is 12.0 Å². The molecule has 1 atom stereocenters. The van der Waals surface area contributed by atoms with Gasteiger partial charge in [-0.05, 0) is 30.7 Å². The van der Waals surface area contributed by atoms with Gasteiger partial charge in [-0.1, -0.05) is 18.5 Å². The number of carboxylic acids is 1. The maximum atomic E-state index is 11.2. The van der Waals surface area contributed by atoms with Gasteiger partial charge in [0.2, 0.25) is 6.79 Å². The fourth-order valence-electron chi connectivity index (χ4n) is 1.79. The number of hydrogen-bond acceptors (Lipinski definition) is 4. The van der Waals surface area contributed by atoms with Crippen LogP contribution in [0.4, 0.5) is 0 Å². The minimum Gasteiger partial charge on any atom is -0.480 e. The Labute approximate surface area is 110 Å². The zero-order valence-corrected chi connectivity index (χ0v) is 10.7. The fourth-order valence-corrected chi connectivity index (χ4v) is 2.06. The van der Waals surface area contributed by atoms with Crippen molar-refractivity contribution >= 4 is 17.6 Å². The molecule has 1 aliphatic heterocycles. The van der Waals surface area contributed by atoms with Crippen molar-refractivity contribution in [2.45, 2.75) is 19.4 Å². The van der Waals surface area contributed by atoms with Gasteiger partial charge >= 0.3 is 5.97 Å². The van der Waals surface area contributed by atoms with E-state index in [0.29, 0.717) is 28.6 Å². The lowest BCUT2D eigenvalue weighted by molar-refractivity contribution is -0.139. The molecule has 98 valence electrons. The molecule has 0 saturated carbocycles. The monoisotopic (exact) mass is 271 g/mol. The van der Waals surface area contributed by atoms with E-state index in [2.05, 4.69) is 5.32 Å². The third-order valence-corrected chi connectivity index (χ3v) is 2.91. The first-order valence-corrected chi connectivity index (χ1v) is 6.06. The highest BCUT2D eigenvalue weighted by molar-refractivity contribution is 6.32. The average molecular weight is 272 g/mol. The average Bonchev–Trinajstić information content (AvgIpc) is 2.78. The zero-order chi connectivity index (χ0) is 13.1. The maximum Gasteiger partial charge on any atom is 0.325 e. The van der Waals surface area contributed by atoms with Crippen LogP contribution in [0, 0.1) is 0 Å². The summed E-state index contributed by atoms with van der Waals surface area (Å²) in [7, 11) is 0. The van der Waals surface area contributed by atoms with Crippen LogP contribution in [0.1, 0.15) is 24.9 Å². The molecule has 5 nitrogen and oxygen atoms in total. The lowest BCUT2D eigenvalue weighted by Gasteiger charge is -2.15.